The van der Waals surface area contributed by atoms with E-state index in [0.717, 1.165) is 44.9 Å². The average Bonchev–Trinajstić information content (AvgIpc) is 2.90. The molecule has 1 saturated heterocycles. The van der Waals surface area contributed by atoms with Crippen LogP contribution in [0.5, 0.6) is 0 Å². The molecule has 0 bridgehead atoms. The molecule has 0 unspecified atom stereocenters. The van der Waals surface area contributed by atoms with Crippen molar-refractivity contribution in [3.8, 4) is 0 Å². The van der Waals surface area contributed by atoms with E-state index in [-0.39, 0.29) is 17.2 Å². The van der Waals surface area contributed by atoms with E-state index in [1.54, 1.807) is 0 Å². The first kappa shape index (κ1) is 14.5. The Labute approximate surface area is 125 Å². The molecule has 3 rings (SSSR count). The molecule has 1 heterocycles. The quantitative estimate of drug-likeness (QED) is 0.795. The maximum atomic E-state index is 12.9. The highest BCUT2D eigenvalue weighted by Crippen LogP contribution is 2.43. The number of nitrogens with zero attached hydrogens (tertiary/aromatic N) is 1. The summed E-state index contributed by atoms with van der Waals surface area (Å²) in [6.07, 6.45) is 8.41. The number of barbiturate groups is 1. The molecule has 116 valence electrons. The SMILES string of the molecule is CC1(CN2C(=O)NC(=O)C3(CCCCC3)C2=O)CCCC1. The van der Waals surface area contributed by atoms with Gasteiger partial charge in [0.1, 0.15) is 5.41 Å². The summed E-state index contributed by atoms with van der Waals surface area (Å²) in [4.78, 5) is 38.6. The number of carbonyl (C=O) groups excluding carboxylic acids is 3. The summed E-state index contributed by atoms with van der Waals surface area (Å²) >= 11 is 0. The standard InChI is InChI=1S/C16H24N2O3/c1-15(7-5-6-8-15)11-18-13(20)16(9-3-2-4-10-16)12(19)17-14(18)21/h2-11H2,1H3,(H,17,19,21). The minimum absolute atomic E-state index is 0.0171. The predicted molar refractivity (Wildman–Crippen MR) is 77.3 cm³/mol. The van der Waals surface area contributed by atoms with Gasteiger partial charge in [-0.2, -0.15) is 0 Å². The Balaban J connectivity index is 1.84. The van der Waals surface area contributed by atoms with Crippen LogP contribution in [0.25, 0.3) is 0 Å². The topological polar surface area (TPSA) is 66.5 Å². The van der Waals surface area contributed by atoms with Crippen LogP contribution in [0.2, 0.25) is 0 Å². The summed E-state index contributed by atoms with van der Waals surface area (Å²) in [5, 5.41) is 2.44. The van der Waals surface area contributed by atoms with Crippen LogP contribution in [0.1, 0.15) is 64.7 Å². The molecule has 1 N–H and O–H groups in total. The largest absolute Gasteiger partial charge is 0.330 e. The monoisotopic (exact) mass is 292 g/mol. The number of rotatable bonds is 2. The molecule has 5 heteroatoms. The first-order chi connectivity index (χ1) is 9.97. The smallest absolute Gasteiger partial charge is 0.277 e. The van der Waals surface area contributed by atoms with Gasteiger partial charge in [-0.05, 0) is 31.1 Å². The molecule has 3 fully saturated rings. The maximum Gasteiger partial charge on any atom is 0.330 e. The zero-order valence-electron chi connectivity index (χ0n) is 12.7. The van der Waals surface area contributed by atoms with Crippen LogP contribution in [0.4, 0.5) is 4.79 Å². The van der Waals surface area contributed by atoms with Gasteiger partial charge in [-0.1, -0.05) is 39.0 Å². The van der Waals surface area contributed by atoms with E-state index in [0.29, 0.717) is 19.4 Å². The van der Waals surface area contributed by atoms with Crippen molar-refractivity contribution in [2.45, 2.75) is 64.7 Å². The van der Waals surface area contributed by atoms with Crippen molar-refractivity contribution in [1.82, 2.24) is 10.2 Å². The van der Waals surface area contributed by atoms with Gasteiger partial charge in [-0.3, -0.25) is 19.8 Å². The number of imide groups is 2. The Bertz CT molecular complexity index is 474. The summed E-state index contributed by atoms with van der Waals surface area (Å²) < 4.78 is 0. The van der Waals surface area contributed by atoms with Crippen LogP contribution in [0.3, 0.4) is 0 Å². The molecular formula is C16H24N2O3. The van der Waals surface area contributed by atoms with E-state index < -0.39 is 11.4 Å². The van der Waals surface area contributed by atoms with Crippen molar-refractivity contribution >= 4 is 17.8 Å². The molecule has 5 nitrogen and oxygen atoms in total. The number of hydrogen-bond acceptors (Lipinski definition) is 3. The van der Waals surface area contributed by atoms with Gasteiger partial charge in [-0.25, -0.2) is 4.79 Å². The Kier molecular flexibility index (Phi) is 3.54. The van der Waals surface area contributed by atoms with Crippen LogP contribution >= 0.6 is 0 Å². The van der Waals surface area contributed by atoms with Crippen LogP contribution in [0.15, 0.2) is 0 Å². The lowest BCUT2D eigenvalue weighted by Crippen LogP contribution is -2.65. The zero-order chi connectivity index (χ0) is 15.1. The lowest BCUT2D eigenvalue weighted by atomic mass is 9.71. The summed E-state index contributed by atoms with van der Waals surface area (Å²) in [6.45, 7) is 2.59. The molecule has 21 heavy (non-hydrogen) atoms. The molecule has 0 atom stereocenters. The van der Waals surface area contributed by atoms with Crippen molar-refractivity contribution in [1.29, 1.82) is 0 Å². The van der Waals surface area contributed by atoms with Gasteiger partial charge in [0.05, 0.1) is 0 Å². The van der Waals surface area contributed by atoms with Crippen molar-refractivity contribution in [2.24, 2.45) is 10.8 Å². The number of amides is 4. The van der Waals surface area contributed by atoms with Gasteiger partial charge in [0.25, 0.3) is 0 Å². The average molecular weight is 292 g/mol. The van der Waals surface area contributed by atoms with Crippen molar-refractivity contribution in [3.63, 3.8) is 0 Å². The molecule has 0 aromatic heterocycles. The predicted octanol–water partition coefficient (Wildman–Crippen LogP) is 2.60. The first-order valence-corrected chi connectivity index (χ1v) is 8.14. The van der Waals surface area contributed by atoms with Crippen LogP contribution in [-0.2, 0) is 9.59 Å². The first-order valence-electron chi connectivity index (χ1n) is 8.14. The number of urea groups is 1. The van der Waals surface area contributed by atoms with Crippen LogP contribution in [0, 0.1) is 10.8 Å². The van der Waals surface area contributed by atoms with Crippen LogP contribution in [-0.4, -0.2) is 29.3 Å². The van der Waals surface area contributed by atoms with E-state index in [1.807, 2.05) is 0 Å². The second-order valence-corrected chi connectivity index (χ2v) is 7.31. The van der Waals surface area contributed by atoms with Gasteiger partial charge < -0.3 is 0 Å². The molecule has 1 aliphatic heterocycles. The lowest BCUT2D eigenvalue weighted by molar-refractivity contribution is -0.154. The Morgan fingerprint density at radius 1 is 0.952 bits per heavy atom. The second kappa shape index (κ2) is 5.11. The van der Waals surface area contributed by atoms with E-state index >= 15 is 0 Å². The van der Waals surface area contributed by atoms with Gasteiger partial charge in [0.2, 0.25) is 11.8 Å². The normalized spacial score (nSPS) is 28.0. The van der Waals surface area contributed by atoms with Crippen LogP contribution < -0.4 is 5.32 Å². The van der Waals surface area contributed by atoms with E-state index in [4.69, 9.17) is 0 Å². The lowest BCUT2D eigenvalue weighted by Gasteiger charge is -2.43. The van der Waals surface area contributed by atoms with Crippen molar-refractivity contribution < 1.29 is 14.4 Å². The van der Waals surface area contributed by atoms with E-state index in [2.05, 4.69) is 12.2 Å². The minimum Gasteiger partial charge on any atom is -0.277 e. The second-order valence-electron chi connectivity index (χ2n) is 7.31. The Hall–Kier alpha value is -1.39. The molecule has 2 saturated carbocycles. The molecule has 0 radical (unpaired) electrons. The third-order valence-corrected chi connectivity index (χ3v) is 5.61. The summed E-state index contributed by atoms with van der Waals surface area (Å²) in [5.41, 5.74) is -0.954. The highest BCUT2D eigenvalue weighted by atomic mass is 16.2. The number of carbonyl (C=O) groups is 3. The number of nitrogens with one attached hydrogen (secondary N) is 1. The van der Waals surface area contributed by atoms with Gasteiger partial charge in [0.15, 0.2) is 0 Å². The molecular weight excluding hydrogens is 268 g/mol. The molecule has 2 aliphatic carbocycles. The van der Waals surface area contributed by atoms with Crippen molar-refractivity contribution in [2.75, 3.05) is 6.54 Å². The summed E-state index contributed by atoms with van der Waals surface area (Å²) in [5.74, 6) is -0.617. The van der Waals surface area contributed by atoms with Gasteiger partial charge in [-0.15, -0.1) is 0 Å². The van der Waals surface area contributed by atoms with E-state index in [1.165, 1.54) is 4.90 Å². The Morgan fingerprint density at radius 2 is 1.52 bits per heavy atom. The van der Waals surface area contributed by atoms with E-state index in [9.17, 15) is 14.4 Å². The fourth-order valence-electron chi connectivity index (χ4n) is 4.24. The fourth-order valence-corrected chi connectivity index (χ4v) is 4.24. The summed E-state index contributed by atoms with van der Waals surface area (Å²) in [7, 11) is 0. The third kappa shape index (κ3) is 2.36. The highest BCUT2D eigenvalue weighted by Gasteiger charge is 2.54. The maximum absolute atomic E-state index is 12.9. The molecule has 1 spiro atoms. The van der Waals surface area contributed by atoms with Crippen molar-refractivity contribution in [3.05, 3.63) is 0 Å². The summed E-state index contributed by atoms with van der Waals surface area (Å²) in [6, 6.07) is -0.519. The molecule has 0 aromatic rings. The van der Waals surface area contributed by atoms with Gasteiger partial charge in [0, 0.05) is 6.54 Å². The minimum atomic E-state index is -0.971. The fraction of sp³-hybridized carbons (Fsp3) is 0.812. The Morgan fingerprint density at radius 3 is 2.14 bits per heavy atom. The molecule has 4 amide bonds. The van der Waals surface area contributed by atoms with Gasteiger partial charge >= 0.3 is 6.03 Å². The molecule has 3 aliphatic rings. The molecule has 0 aromatic carbocycles. The highest BCUT2D eigenvalue weighted by molar-refractivity contribution is 6.19. The number of hydrogen-bond donors (Lipinski definition) is 1. The zero-order valence-corrected chi connectivity index (χ0v) is 12.7. The third-order valence-electron chi connectivity index (χ3n) is 5.61.